The van der Waals surface area contributed by atoms with Crippen molar-refractivity contribution in [3.05, 3.63) is 11.1 Å². The van der Waals surface area contributed by atoms with E-state index < -0.39 is 0 Å². The molecular weight excluding hydrogens is 158 g/mol. The topological polar surface area (TPSA) is 22.1 Å². The highest BCUT2D eigenvalue weighted by atomic mass is 32.1. The van der Waals surface area contributed by atoms with E-state index in [-0.39, 0.29) is 0 Å². The molecule has 0 unspecified atom stereocenters. The third kappa shape index (κ3) is 2.50. The first kappa shape index (κ1) is 8.53. The molecule has 0 N–H and O–H groups in total. The first-order chi connectivity index (χ1) is 5.22. The van der Waals surface area contributed by atoms with Gasteiger partial charge in [0.15, 0.2) is 0 Å². The van der Waals surface area contributed by atoms with E-state index >= 15 is 0 Å². The van der Waals surface area contributed by atoms with Gasteiger partial charge in [-0.05, 0) is 12.3 Å². The van der Waals surface area contributed by atoms with Crippen LogP contribution >= 0.6 is 11.3 Å². The normalized spacial score (nSPS) is 10.5. The van der Waals surface area contributed by atoms with Gasteiger partial charge in [0, 0.05) is 5.38 Å². The second-order valence-electron chi connectivity index (χ2n) is 2.91. The highest BCUT2D eigenvalue weighted by Gasteiger charge is 2.02. The summed E-state index contributed by atoms with van der Waals surface area (Å²) in [5.41, 5.74) is 1.14. The molecular formula is C8H13NOS. The molecule has 0 radical (unpaired) electrons. The molecule has 0 atom stereocenters. The van der Waals surface area contributed by atoms with Crippen molar-refractivity contribution < 1.29 is 4.74 Å². The highest BCUT2D eigenvalue weighted by molar-refractivity contribution is 7.11. The predicted octanol–water partition coefficient (Wildman–Crippen LogP) is 2.35. The predicted molar refractivity (Wildman–Crippen MR) is 47.2 cm³/mol. The molecule has 0 aliphatic heterocycles. The third-order valence-corrected chi connectivity index (χ3v) is 2.17. The van der Waals surface area contributed by atoms with Gasteiger partial charge in [-0.15, -0.1) is 0 Å². The van der Waals surface area contributed by atoms with Crippen LogP contribution in [0.15, 0.2) is 5.38 Å². The van der Waals surface area contributed by atoms with Crippen LogP contribution in [0.4, 0.5) is 0 Å². The van der Waals surface area contributed by atoms with Crippen LogP contribution in [0.2, 0.25) is 0 Å². The zero-order valence-corrected chi connectivity index (χ0v) is 7.94. The Hall–Kier alpha value is -0.570. The van der Waals surface area contributed by atoms with Crippen LogP contribution < -0.4 is 4.74 Å². The van der Waals surface area contributed by atoms with Crippen molar-refractivity contribution in [2.45, 2.75) is 20.3 Å². The second kappa shape index (κ2) is 3.72. The van der Waals surface area contributed by atoms with Crippen LogP contribution in [-0.4, -0.2) is 12.1 Å². The van der Waals surface area contributed by atoms with E-state index in [0.29, 0.717) is 5.92 Å². The first-order valence-corrected chi connectivity index (χ1v) is 4.58. The van der Waals surface area contributed by atoms with E-state index in [1.54, 1.807) is 18.4 Å². The summed E-state index contributed by atoms with van der Waals surface area (Å²) in [5, 5.41) is 2.82. The van der Waals surface area contributed by atoms with Crippen molar-refractivity contribution in [2.75, 3.05) is 7.11 Å². The molecule has 0 aliphatic carbocycles. The van der Waals surface area contributed by atoms with Gasteiger partial charge in [-0.2, -0.15) is 0 Å². The standard InChI is InChI=1S/C8H13NOS/c1-6(2)4-7-5-11-8(9-7)10-3/h5-6H,4H2,1-3H3. The Morgan fingerprint density at radius 3 is 2.82 bits per heavy atom. The van der Waals surface area contributed by atoms with E-state index in [2.05, 4.69) is 24.2 Å². The van der Waals surface area contributed by atoms with Crippen LogP contribution in [0.3, 0.4) is 0 Å². The lowest BCUT2D eigenvalue weighted by atomic mass is 10.1. The molecule has 0 aromatic carbocycles. The number of rotatable bonds is 3. The smallest absolute Gasteiger partial charge is 0.273 e. The summed E-state index contributed by atoms with van der Waals surface area (Å²) in [6, 6.07) is 0. The molecule has 0 saturated heterocycles. The molecule has 3 heteroatoms. The minimum absolute atomic E-state index is 0.668. The summed E-state index contributed by atoms with van der Waals surface area (Å²) in [6.07, 6.45) is 1.04. The zero-order valence-electron chi connectivity index (χ0n) is 7.13. The summed E-state index contributed by atoms with van der Waals surface area (Å²) >= 11 is 1.56. The first-order valence-electron chi connectivity index (χ1n) is 3.70. The van der Waals surface area contributed by atoms with E-state index in [9.17, 15) is 0 Å². The van der Waals surface area contributed by atoms with Crippen molar-refractivity contribution in [1.29, 1.82) is 0 Å². The molecule has 1 aromatic heterocycles. The average molecular weight is 171 g/mol. The fourth-order valence-electron chi connectivity index (χ4n) is 0.894. The van der Waals surface area contributed by atoms with Crippen molar-refractivity contribution in [2.24, 2.45) is 5.92 Å². The van der Waals surface area contributed by atoms with Crippen molar-refractivity contribution in [3.63, 3.8) is 0 Å². The molecule has 0 spiro atoms. The van der Waals surface area contributed by atoms with Crippen molar-refractivity contribution in [3.8, 4) is 5.19 Å². The fraction of sp³-hybridized carbons (Fsp3) is 0.625. The molecule has 1 rings (SSSR count). The number of thiazole rings is 1. The monoisotopic (exact) mass is 171 g/mol. The molecule has 11 heavy (non-hydrogen) atoms. The lowest BCUT2D eigenvalue weighted by Gasteiger charge is -1.98. The minimum Gasteiger partial charge on any atom is -0.473 e. The second-order valence-corrected chi connectivity index (χ2v) is 3.73. The van der Waals surface area contributed by atoms with Gasteiger partial charge >= 0.3 is 0 Å². The van der Waals surface area contributed by atoms with Crippen LogP contribution in [0.5, 0.6) is 5.19 Å². The van der Waals surface area contributed by atoms with Gasteiger partial charge in [-0.25, -0.2) is 4.98 Å². The molecule has 1 aromatic rings. The quantitative estimate of drug-likeness (QED) is 0.696. The van der Waals surface area contributed by atoms with Crippen molar-refractivity contribution in [1.82, 2.24) is 4.98 Å². The number of hydrogen-bond donors (Lipinski definition) is 0. The molecule has 0 fully saturated rings. The maximum absolute atomic E-state index is 4.98. The van der Waals surface area contributed by atoms with Crippen LogP contribution in [-0.2, 0) is 6.42 Å². The Bertz CT molecular complexity index is 220. The largest absolute Gasteiger partial charge is 0.473 e. The maximum Gasteiger partial charge on any atom is 0.273 e. The average Bonchev–Trinajstić information content (AvgIpc) is 2.34. The van der Waals surface area contributed by atoms with Crippen LogP contribution in [0.1, 0.15) is 19.5 Å². The highest BCUT2D eigenvalue weighted by Crippen LogP contribution is 2.19. The molecule has 0 bridgehead atoms. The van der Waals surface area contributed by atoms with Gasteiger partial charge in [0.1, 0.15) is 0 Å². The number of aromatic nitrogens is 1. The zero-order chi connectivity index (χ0) is 8.27. The summed E-state index contributed by atoms with van der Waals surface area (Å²) < 4.78 is 4.98. The van der Waals surface area contributed by atoms with Gasteiger partial charge in [-0.3, -0.25) is 0 Å². The molecule has 0 aliphatic rings. The van der Waals surface area contributed by atoms with Gasteiger partial charge in [0.05, 0.1) is 12.8 Å². The Labute approximate surface area is 71.2 Å². The minimum atomic E-state index is 0.668. The maximum atomic E-state index is 4.98. The summed E-state index contributed by atoms with van der Waals surface area (Å²) in [4.78, 5) is 4.27. The summed E-state index contributed by atoms with van der Waals surface area (Å²) in [7, 11) is 1.65. The molecule has 1 heterocycles. The van der Waals surface area contributed by atoms with Gasteiger partial charge in [0.2, 0.25) is 0 Å². The number of hydrogen-bond acceptors (Lipinski definition) is 3. The SMILES string of the molecule is COc1nc(CC(C)C)cs1. The molecule has 0 amide bonds. The lowest BCUT2D eigenvalue weighted by Crippen LogP contribution is -1.93. The summed E-state index contributed by atoms with van der Waals surface area (Å²) in [6.45, 7) is 4.37. The fourth-order valence-corrected chi connectivity index (χ4v) is 1.55. The molecule has 2 nitrogen and oxygen atoms in total. The number of nitrogens with zero attached hydrogens (tertiary/aromatic N) is 1. The Kier molecular flexibility index (Phi) is 2.88. The lowest BCUT2D eigenvalue weighted by molar-refractivity contribution is 0.410. The number of ether oxygens (including phenoxy) is 1. The Balaban J connectivity index is 2.58. The van der Waals surface area contributed by atoms with E-state index in [0.717, 1.165) is 17.3 Å². The van der Waals surface area contributed by atoms with Gasteiger partial charge < -0.3 is 4.74 Å². The van der Waals surface area contributed by atoms with E-state index in [1.165, 1.54) is 0 Å². The Morgan fingerprint density at radius 1 is 1.64 bits per heavy atom. The summed E-state index contributed by atoms with van der Waals surface area (Å²) in [5.74, 6) is 0.668. The van der Waals surface area contributed by atoms with Crippen molar-refractivity contribution >= 4 is 11.3 Å². The van der Waals surface area contributed by atoms with Gasteiger partial charge in [-0.1, -0.05) is 25.2 Å². The molecule has 0 saturated carbocycles. The van der Waals surface area contributed by atoms with Crippen LogP contribution in [0, 0.1) is 5.92 Å². The van der Waals surface area contributed by atoms with E-state index in [4.69, 9.17) is 4.74 Å². The van der Waals surface area contributed by atoms with Gasteiger partial charge in [0.25, 0.3) is 5.19 Å². The number of methoxy groups -OCH3 is 1. The van der Waals surface area contributed by atoms with Crippen LogP contribution in [0.25, 0.3) is 0 Å². The van der Waals surface area contributed by atoms with E-state index in [1.807, 2.05) is 0 Å². The Morgan fingerprint density at radius 2 is 2.36 bits per heavy atom. The molecule has 62 valence electrons. The third-order valence-electron chi connectivity index (χ3n) is 1.32.